The monoisotopic (exact) mass is 484 g/mol. The Balaban J connectivity index is 1.22. The van der Waals surface area contributed by atoms with Gasteiger partial charge < -0.3 is 20.1 Å². The van der Waals surface area contributed by atoms with Crippen molar-refractivity contribution in [3.05, 3.63) is 95.6 Å². The van der Waals surface area contributed by atoms with Crippen LogP contribution in [0.1, 0.15) is 55.0 Å². The molecule has 36 heavy (non-hydrogen) atoms. The lowest BCUT2D eigenvalue weighted by molar-refractivity contribution is 0.144. The molecule has 0 aromatic heterocycles. The second-order valence-electron chi connectivity index (χ2n) is 10.1. The maximum atomic E-state index is 10.7. The van der Waals surface area contributed by atoms with E-state index in [-0.39, 0.29) is 11.7 Å². The molecule has 0 spiro atoms. The summed E-state index contributed by atoms with van der Waals surface area (Å²) in [5.74, 6) is 1.35. The average Bonchev–Trinajstić information content (AvgIpc) is 3.64. The lowest BCUT2D eigenvalue weighted by Gasteiger charge is -2.50. The average molecular weight is 485 g/mol. The van der Waals surface area contributed by atoms with Gasteiger partial charge >= 0.3 is 0 Å². The van der Waals surface area contributed by atoms with Gasteiger partial charge in [0.25, 0.3) is 0 Å². The zero-order valence-corrected chi connectivity index (χ0v) is 21.2. The molecule has 2 N–H and O–H groups in total. The molecule has 3 unspecified atom stereocenters. The normalized spacial score (nSPS) is 20.6. The summed E-state index contributed by atoms with van der Waals surface area (Å²) in [6.45, 7) is 4.80. The second-order valence-corrected chi connectivity index (χ2v) is 10.1. The molecule has 5 rings (SSSR count). The van der Waals surface area contributed by atoms with Gasteiger partial charge in [-0.25, -0.2) is 0 Å². The third-order valence-electron chi connectivity index (χ3n) is 7.48. The number of methoxy groups -OCH3 is 1. The van der Waals surface area contributed by atoms with E-state index < -0.39 is 6.10 Å². The predicted molar refractivity (Wildman–Crippen MR) is 143 cm³/mol. The molecule has 6 nitrogen and oxygen atoms in total. The summed E-state index contributed by atoms with van der Waals surface area (Å²) < 4.78 is 5.38. The van der Waals surface area contributed by atoms with Crippen LogP contribution in [0.15, 0.2) is 89.1 Å². The topological polar surface area (TPSA) is 69.5 Å². The van der Waals surface area contributed by atoms with E-state index in [0.717, 1.165) is 50.2 Å². The Morgan fingerprint density at radius 3 is 2.42 bits per heavy atom. The first-order valence-electron chi connectivity index (χ1n) is 12.9. The molecule has 0 bridgehead atoms. The van der Waals surface area contributed by atoms with Crippen LogP contribution < -0.4 is 15.0 Å². The fourth-order valence-corrected chi connectivity index (χ4v) is 5.11. The van der Waals surface area contributed by atoms with Crippen LogP contribution in [-0.4, -0.2) is 31.0 Å². The van der Waals surface area contributed by atoms with E-state index in [1.54, 1.807) is 7.11 Å². The van der Waals surface area contributed by atoms with E-state index in [4.69, 9.17) is 4.74 Å². The number of nitrogens with zero attached hydrogens (tertiary/aromatic N) is 3. The maximum absolute atomic E-state index is 10.7. The number of aliphatic hydroxyl groups excluding tert-OH is 1. The van der Waals surface area contributed by atoms with Gasteiger partial charge in [-0.15, -0.1) is 0 Å². The van der Waals surface area contributed by atoms with Gasteiger partial charge in [-0.05, 0) is 67.3 Å². The Kier molecular flexibility index (Phi) is 7.35. The second kappa shape index (κ2) is 10.8. The van der Waals surface area contributed by atoms with Crippen LogP contribution in [0, 0.1) is 5.92 Å². The van der Waals surface area contributed by atoms with Crippen LogP contribution in [0.25, 0.3) is 0 Å². The highest BCUT2D eigenvalue weighted by Gasteiger charge is 2.40. The number of rotatable bonds is 12. The number of aliphatic hydroxyl groups is 1. The van der Waals surface area contributed by atoms with Crippen LogP contribution in [-0.2, 0) is 6.54 Å². The Morgan fingerprint density at radius 1 is 1.03 bits per heavy atom. The molecule has 1 fully saturated rings. The summed E-state index contributed by atoms with van der Waals surface area (Å²) in [6.07, 6.45) is 2.26. The molecule has 0 amide bonds. The zero-order chi connectivity index (χ0) is 25.0. The Hall–Kier alpha value is -3.22. The lowest BCUT2D eigenvalue weighted by atomic mass is 9.79. The van der Waals surface area contributed by atoms with E-state index in [1.807, 2.05) is 42.5 Å². The zero-order valence-electron chi connectivity index (χ0n) is 21.2. The van der Waals surface area contributed by atoms with Crippen molar-refractivity contribution in [2.75, 3.05) is 25.1 Å². The minimum atomic E-state index is -0.423. The fraction of sp³-hybridized carbons (Fsp3) is 0.400. The van der Waals surface area contributed by atoms with Gasteiger partial charge in [0, 0.05) is 31.1 Å². The van der Waals surface area contributed by atoms with Crippen LogP contribution in [0.2, 0.25) is 0 Å². The molecule has 0 saturated carbocycles. The van der Waals surface area contributed by atoms with Gasteiger partial charge in [0.05, 0.1) is 19.3 Å². The molecule has 2 heterocycles. The molecule has 6 heteroatoms. The molecule has 0 radical (unpaired) electrons. The number of hydrogen-bond acceptors (Lipinski definition) is 6. The van der Waals surface area contributed by atoms with E-state index in [0.29, 0.717) is 5.92 Å². The first kappa shape index (κ1) is 24.5. The van der Waals surface area contributed by atoms with Crippen molar-refractivity contribution in [1.82, 2.24) is 5.32 Å². The first-order valence-corrected chi connectivity index (χ1v) is 12.9. The van der Waals surface area contributed by atoms with E-state index in [2.05, 4.69) is 63.8 Å². The van der Waals surface area contributed by atoms with E-state index in [1.165, 1.54) is 16.8 Å². The molecular weight excluding hydrogens is 448 g/mol. The van der Waals surface area contributed by atoms with Crippen LogP contribution in [0.4, 0.5) is 5.69 Å². The quantitative estimate of drug-likeness (QED) is 0.307. The Labute approximate surface area is 214 Å². The van der Waals surface area contributed by atoms with Gasteiger partial charge in [-0.3, -0.25) is 0 Å². The van der Waals surface area contributed by atoms with Crippen molar-refractivity contribution in [2.24, 2.45) is 16.1 Å². The van der Waals surface area contributed by atoms with Gasteiger partial charge in [0.15, 0.2) is 5.66 Å². The van der Waals surface area contributed by atoms with Gasteiger partial charge in [0.1, 0.15) is 5.75 Å². The summed E-state index contributed by atoms with van der Waals surface area (Å²) in [5, 5.41) is 22.4. The number of nitrogens with one attached hydrogen (secondary N) is 1. The highest BCUT2D eigenvalue weighted by Crippen LogP contribution is 2.45. The molecule has 1 saturated heterocycles. The number of ether oxygens (including phenoxy) is 1. The van der Waals surface area contributed by atoms with Gasteiger partial charge in [0.2, 0.25) is 0 Å². The van der Waals surface area contributed by atoms with Gasteiger partial charge in [-0.1, -0.05) is 54.6 Å². The Morgan fingerprint density at radius 2 is 1.75 bits per heavy atom. The molecule has 3 atom stereocenters. The number of benzene rings is 3. The summed E-state index contributed by atoms with van der Waals surface area (Å²) in [6, 6.07) is 27.6. The standard InChI is InChI=1S/C30H36N4O2/c1-30(32-33-30)18-19-31-20-22-8-13-26(14-9-22)34-21-25(12-17-28(35)23-6-4-3-5-7-23)29(34)24-10-15-27(36-2)16-11-24/h3-11,13-16,25,28-29,31,35H,12,17-21H2,1-2H3. The lowest BCUT2D eigenvalue weighted by Crippen LogP contribution is -2.50. The predicted octanol–water partition coefficient (Wildman–Crippen LogP) is 6.05. The molecule has 3 aromatic rings. The third-order valence-corrected chi connectivity index (χ3v) is 7.48. The van der Waals surface area contributed by atoms with Crippen LogP contribution >= 0.6 is 0 Å². The van der Waals surface area contributed by atoms with Crippen molar-refractivity contribution in [1.29, 1.82) is 0 Å². The molecule has 2 aliphatic heterocycles. The SMILES string of the molecule is COc1ccc(C2C(CCC(O)c3ccccc3)CN2c2ccc(CNCCC3(C)N=N3)cc2)cc1. The highest BCUT2D eigenvalue weighted by molar-refractivity contribution is 5.54. The summed E-state index contributed by atoms with van der Waals surface area (Å²) in [5.41, 5.74) is 4.66. The van der Waals surface area contributed by atoms with E-state index in [9.17, 15) is 5.11 Å². The van der Waals surface area contributed by atoms with E-state index >= 15 is 0 Å². The van der Waals surface area contributed by atoms with Crippen molar-refractivity contribution in [2.45, 2.75) is 50.5 Å². The number of hydrogen-bond donors (Lipinski definition) is 2. The minimum absolute atomic E-state index is 0.140. The largest absolute Gasteiger partial charge is 0.497 e. The van der Waals surface area contributed by atoms with Crippen LogP contribution in [0.3, 0.4) is 0 Å². The smallest absolute Gasteiger partial charge is 0.189 e. The molecule has 3 aromatic carbocycles. The molecule has 2 aliphatic rings. The Bertz CT molecular complexity index is 1140. The van der Waals surface area contributed by atoms with Crippen molar-refractivity contribution < 1.29 is 9.84 Å². The number of anilines is 1. The maximum Gasteiger partial charge on any atom is 0.189 e. The van der Waals surface area contributed by atoms with Crippen molar-refractivity contribution in [3.63, 3.8) is 0 Å². The van der Waals surface area contributed by atoms with Gasteiger partial charge in [-0.2, -0.15) is 10.2 Å². The molecule has 0 aliphatic carbocycles. The summed E-state index contributed by atoms with van der Waals surface area (Å²) in [7, 11) is 1.70. The summed E-state index contributed by atoms with van der Waals surface area (Å²) >= 11 is 0. The fourth-order valence-electron chi connectivity index (χ4n) is 5.11. The highest BCUT2D eigenvalue weighted by atomic mass is 16.5. The van der Waals surface area contributed by atoms with Crippen molar-refractivity contribution >= 4 is 5.69 Å². The molecule has 188 valence electrons. The summed E-state index contributed by atoms with van der Waals surface area (Å²) in [4.78, 5) is 2.48. The minimum Gasteiger partial charge on any atom is -0.497 e. The third kappa shape index (κ3) is 5.77. The van der Waals surface area contributed by atoms with Crippen molar-refractivity contribution in [3.8, 4) is 5.75 Å². The first-order chi connectivity index (χ1) is 17.5. The molecular formula is C30H36N4O2. The van der Waals surface area contributed by atoms with Crippen LogP contribution in [0.5, 0.6) is 5.75 Å².